The van der Waals surface area contributed by atoms with Crippen molar-refractivity contribution in [3.63, 3.8) is 0 Å². The third-order valence-corrected chi connectivity index (χ3v) is 3.45. The molecule has 86 valence electrons. The maximum absolute atomic E-state index is 4.24. The number of rotatable bonds is 5. The van der Waals surface area contributed by atoms with Crippen molar-refractivity contribution in [2.75, 3.05) is 0 Å². The number of nitrogens with zero attached hydrogens (tertiary/aromatic N) is 2. The number of hydrogen-bond donors (Lipinski definition) is 1. The molecule has 0 aliphatic rings. The molecule has 2 rings (SSSR count). The van der Waals surface area contributed by atoms with Gasteiger partial charge in [-0.05, 0) is 26.0 Å². The highest BCUT2D eigenvalue weighted by atomic mass is 32.1. The molecule has 1 N–H and O–H groups in total. The second kappa shape index (κ2) is 5.27. The van der Waals surface area contributed by atoms with E-state index in [1.807, 2.05) is 13.1 Å². The monoisotopic (exact) mass is 235 g/mol. The molecule has 0 aliphatic heterocycles. The predicted octanol–water partition coefficient (Wildman–Crippen LogP) is 2.56. The molecule has 0 aliphatic carbocycles. The van der Waals surface area contributed by atoms with Crippen LogP contribution in [0.5, 0.6) is 0 Å². The van der Waals surface area contributed by atoms with Gasteiger partial charge in [0.25, 0.3) is 0 Å². The first-order valence-corrected chi connectivity index (χ1v) is 6.37. The maximum Gasteiger partial charge on any atom is 0.0897 e. The third-order valence-electron chi connectivity index (χ3n) is 2.54. The zero-order valence-electron chi connectivity index (χ0n) is 9.73. The molecular weight excluding hydrogens is 218 g/mol. The Morgan fingerprint density at radius 3 is 3.00 bits per heavy atom. The highest BCUT2D eigenvalue weighted by Gasteiger charge is 2.00. The molecule has 0 atom stereocenters. The minimum atomic E-state index is 0.903. The molecule has 0 spiro atoms. The van der Waals surface area contributed by atoms with Gasteiger partial charge in [-0.3, -0.25) is 0 Å². The van der Waals surface area contributed by atoms with Crippen LogP contribution in [0.25, 0.3) is 0 Å². The van der Waals surface area contributed by atoms with Gasteiger partial charge in [-0.2, -0.15) is 0 Å². The molecule has 4 heteroatoms. The summed E-state index contributed by atoms with van der Waals surface area (Å²) in [7, 11) is 0. The van der Waals surface area contributed by atoms with Crippen molar-refractivity contribution in [3.05, 3.63) is 40.1 Å². The molecule has 0 aromatic carbocycles. The first-order chi connectivity index (χ1) is 7.79. The quantitative estimate of drug-likeness (QED) is 0.863. The van der Waals surface area contributed by atoms with Gasteiger partial charge in [0.1, 0.15) is 0 Å². The van der Waals surface area contributed by atoms with Gasteiger partial charge < -0.3 is 9.88 Å². The fourth-order valence-electron chi connectivity index (χ4n) is 1.72. The van der Waals surface area contributed by atoms with Crippen molar-refractivity contribution < 1.29 is 0 Å². The Kier molecular flexibility index (Phi) is 3.74. The second-order valence-corrected chi connectivity index (χ2v) is 5.05. The lowest BCUT2D eigenvalue weighted by molar-refractivity contribution is 0.632. The molecular formula is C12H17N3S. The average Bonchev–Trinajstić information content (AvgIpc) is 2.87. The van der Waals surface area contributed by atoms with E-state index < -0.39 is 0 Å². The summed E-state index contributed by atoms with van der Waals surface area (Å²) in [6.07, 6.45) is 4.07. The predicted molar refractivity (Wildman–Crippen MR) is 67.5 cm³/mol. The van der Waals surface area contributed by atoms with Gasteiger partial charge in [-0.25, -0.2) is 4.98 Å². The van der Waals surface area contributed by atoms with Crippen LogP contribution < -0.4 is 5.32 Å². The van der Waals surface area contributed by atoms with Gasteiger partial charge in [0, 0.05) is 42.6 Å². The zero-order valence-corrected chi connectivity index (χ0v) is 10.5. The standard InChI is InChI=1S/C12H17N3S/c1-3-15-6-4-5-11(15)7-13-8-12-9-14-10(2)16-12/h4-6,9,13H,3,7-8H2,1-2H3. The summed E-state index contributed by atoms with van der Waals surface area (Å²) in [6.45, 7) is 7.05. The largest absolute Gasteiger partial charge is 0.351 e. The lowest BCUT2D eigenvalue weighted by Gasteiger charge is -2.06. The van der Waals surface area contributed by atoms with E-state index in [0.717, 1.165) is 24.6 Å². The van der Waals surface area contributed by atoms with Crippen molar-refractivity contribution in [2.24, 2.45) is 0 Å². The minimum absolute atomic E-state index is 0.903. The van der Waals surface area contributed by atoms with Crippen LogP contribution in [0.15, 0.2) is 24.5 Å². The molecule has 2 heterocycles. The van der Waals surface area contributed by atoms with Crippen LogP contribution in [0, 0.1) is 6.92 Å². The summed E-state index contributed by atoms with van der Waals surface area (Å²) in [5.74, 6) is 0. The van der Waals surface area contributed by atoms with Gasteiger partial charge in [-0.1, -0.05) is 0 Å². The topological polar surface area (TPSA) is 29.9 Å². The van der Waals surface area contributed by atoms with Crippen molar-refractivity contribution in [3.8, 4) is 0 Å². The Morgan fingerprint density at radius 2 is 2.31 bits per heavy atom. The highest BCUT2D eigenvalue weighted by molar-refractivity contribution is 7.11. The highest BCUT2D eigenvalue weighted by Crippen LogP contribution is 2.11. The Bertz CT molecular complexity index is 445. The zero-order chi connectivity index (χ0) is 11.4. The van der Waals surface area contributed by atoms with E-state index in [4.69, 9.17) is 0 Å². The average molecular weight is 235 g/mol. The van der Waals surface area contributed by atoms with Crippen molar-refractivity contribution in [1.29, 1.82) is 0 Å². The van der Waals surface area contributed by atoms with Crippen LogP contribution in [0.1, 0.15) is 22.5 Å². The molecule has 16 heavy (non-hydrogen) atoms. The summed E-state index contributed by atoms with van der Waals surface area (Å²) >= 11 is 1.75. The van der Waals surface area contributed by atoms with Crippen molar-refractivity contribution >= 4 is 11.3 Å². The van der Waals surface area contributed by atoms with Crippen LogP contribution in [-0.4, -0.2) is 9.55 Å². The number of thiazole rings is 1. The number of aryl methyl sites for hydroxylation is 2. The fraction of sp³-hybridized carbons (Fsp3) is 0.417. The summed E-state index contributed by atoms with van der Waals surface area (Å²) < 4.78 is 2.25. The molecule has 0 saturated heterocycles. The summed E-state index contributed by atoms with van der Waals surface area (Å²) in [5, 5.41) is 4.57. The smallest absolute Gasteiger partial charge is 0.0897 e. The molecule has 0 radical (unpaired) electrons. The van der Waals surface area contributed by atoms with Gasteiger partial charge in [0.15, 0.2) is 0 Å². The van der Waals surface area contributed by atoms with E-state index in [2.05, 4.69) is 40.1 Å². The van der Waals surface area contributed by atoms with Gasteiger partial charge in [0.2, 0.25) is 0 Å². The summed E-state index contributed by atoms with van der Waals surface area (Å²) in [6, 6.07) is 4.26. The van der Waals surface area contributed by atoms with E-state index in [1.54, 1.807) is 11.3 Å². The Labute approximate surface area is 100 Å². The minimum Gasteiger partial charge on any atom is -0.351 e. The van der Waals surface area contributed by atoms with E-state index in [-0.39, 0.29) is 0 Å². The van der Waals surface area contributed by atoms with Gasteiger partial charge in [0.05, 0.1) is 5.01 Å². The third kappa shape index (κ3) is 2.71. The van der Waals surface area contributed by atoms with E-state index in [9.17, 15) is 0 Å². The Balaban J connectivity index is 1.84. The molecule has 2 aromatic heterocycles. The lowest BCUT2D eigenvalue weighted by atomic mass is 10.4. The van der Waals surface area contributed by atoms with Crippen LogP contribution in [0.4, 0.5) is 0 Å². The van der Waals surface area contributed by atoms with Crippen LogP contribution in [0.3, 0.4) is 0 Å². The first kappa shape index (κ1) is 11.4. The normalized spacial score (nSPS) is 10.9. The van der Waals surface area contributed by atoms with Crippen molar-refractivity contribution in [2.45, 2.75) is 33.5 Å². The lowest BCUT2D eigenvalue weighted by Crippen LogP contribution is -2.14. The van der Waals surface area contributed by atoms with Crippen LogP contribution in [0.2, 0.25) is 0 Å². The Hall–Kier alpha value is -1.13. The van der Waals surface area contributed by atoms with Gasteiger partial charge in [-0.15, -0.1) is 11.3 Å². The maximum atomic E-state index is 4.24. The fourth-order valence-corrected chi connectivity index (χ4v) is 2.48. The molecule has 0 fully saturated rings. The number of hydrogen-bond acceptors (Lipinski definition) is 3. The van der Waals surface area contributed by atoms with E-state index >= 15 is 0 Å². The molecule has 0 unspecified atom stereocenters. The molecule has 3 nitrogen and oxygen atoms in total. The van der Waals surface area contributed by atoms with E-state index in [1.165, 1.54) is 10.6 Å². The van der Waals surface area contributed by atoms with Crippen LogP contribution in [-0.2, 0) is 19.6 Å². The number of nitrogens with one attached hydrogen (secondary N) is 1. The summed E-state index contributed by atoms with van der Waals surface area (Å²) in [4.78, 5) is 5.54. The molecule has 0 bridgehead atoms. The SMILES string of the molecule is CCn1cccc1CNCc1cnc(C)s1. The molecule has 0 amide bonds. The van der Waals surface area contributed by atoms with E-state index in [0.29, 0.717) is 0 Å². The molecule has 2 aromatic rings. The van der Waals surface area contributed by atoms with Crippen LogP contribution >= 0.6 is 11.3 Å². The number of aromatic nitrogens is 2. The van der Waals surface area contributed by atoms with Crippen molar-refractivity contribution in [1.82, 2.24) is 14.9 Å². The van der Waals surface area contributed by atoms with Gasteiger partial charge >= 0.3 is 0 Å². The Morgan fingerprint density at radius 1 is 1.44 bits per heavy atom. The summed E-state index contributed by atoms with van der Waals surface area (Å²) in [5.41, 5.74) is 1.34. The first-order valence-electron chi connectivity index (χ1n) is 5.55. The molecule has 0 saturated carbocycles. The second-order valence-electron chi connectivity index (χ2n) is 3.73.